The van der Waals surface area contributed by atoms with E-state index in [9.17, 15) is 10.5 Å². The van der Waals surface area contributed by atoms with Gasteiger partial charge in [0.05, 0.1) is 68.1 Å². The molecule has 334 valence electrons. The van der Waals surface area contributed by atoms with Crippen LogP contribution in [0.4, 0.5) is 0 Å². The lowest BCUT2D eigenvalue weighted by atomic mass is 9.97. The van der Waals surface area contributed by atoms with Gasteiger partial charge in [0.1, 0.15) is 0 Å². The predicted molar refractivity (Wildman–Crippen MR) is 293 cm³/mol. The molecule has 0 N–H and O–H groups in total. The fraction of sp³-hybridized carbons (Fsp3) is 0. The highest BCUT2D eigenvalue weighted by atomic mass is 15.0. The molecule has 0 amide bonds. The average molecular weight is 917 g/mol. The lowest BCUT2D eigenvalue weighted by Crippen LogP contribution is -2.03. The predicted octanol–water partition coefficient (Wildman–Crippen LogP) is 16.4. The maximum atomic E-state index is 9.53. The van der Waals surface area contributed by atoms with Crippen LogP contribution in [-0.2, 0) is 0 Å². The molecule has 0 aliphatic rings. The van der Waals surface area contributed by atoms with E-state index in [0.717, 1.165) is 116 Å². The quantitative estimate of drug-likeness (QED) is 0.152. The number of hydrogen-bond acceptors (Lipinski definition) is 4. The second kappa shape index (κ2) is 17.4. The Bertz CT molecular complexity index is 4270. The summed E-state index contributed by atoms with van der Waals surface area (Å²) in [6.45, 7) is 0. The van der Waals surface area contributed by atoms with Gasteiger partial charge in [-0.1, -0.05) is 152 Å². The standard InChI is InChI=1S/C66H40N6/c67-41-43-23-27-45(28-24-43)49-31-34-63-55(37-49)52-17-7-10-20-60(52)71(63)61-21-11-9-19-54(61)57-39-51(66-69-58(47-13-3-1-4-14-47)40-59(70-66)48-15-5-2-6-16-48)33-36-65(57)72-62-22-12-8-18-53(62)56-38-50(32-35-64(56)72)46-29-25-44(42-68)26-30-46/h1-40H. The third-order valence-corrected chi connectivity index (χ3v) is 13.8. The van der Waals surface area contributed by atoms with Crippen molar-refractivity contribution < 1.29 is 0 Å². The van der Waals surface area contributed by atoms with Gasteiger partial charge in [-0.15, -0.1) is 0 Å². The van der Waals surface area contributed by atoms with Gasteiger partial charge in [0, 0.05) is 49.4 Å². The summed E-state index contributed by atoms with van der Waals surface area (Å²) < 4.78 is 4.80. The fourth-order valence-corrected chi connectivity index (χ4v) is 10.4. The van der Waals surface area contributed by atoms with E-state index in [1.54, 1.807) is 0 Å². The summed E-state index contributed by atoms with van der Waals surface area (Å²) in [4.78, 5) is 10.6. The van der Waals surface area contributed by atoms with Crippen LogP contribution in [0.3, 0.4) is 0 Å². The molecule has 6 heteroatoms. The van der Waals surface area contributed by atoms with Gasteiger partial charge in [0.25, 0.3) is 0 Å². The molecule has 0 saturated heterocycles. The Kier molecular flexibility index (Phi) is 10.2. The van der Waals surface area contributed by atoms with Gasteiger partial charge < -0.3 is 9.13 Å². The zero-order chi connectivity index (χ0) is 48.1. The smallest absolute Gasteiger partial charge is 0.160 e. The molecule has 0 bridgehead atoms. The Morgan fingerprint density at radius 3 is 1.22 bits per heavy atom. The summed E-state index contributed by atoms with van der Waals surface area (Å²) in [7, 11) is 0. The van der Waals surface area contributed by atoms with Crippen LogP contribution in [-0.4, -0.2) is 19.1 Å². The van der Waals surface area contributed by atoms with Gasteiger partial charge in [-0.3, -0.25) is 0 Å². The number of benzene rings is 10. The highest BCUT2D eigenvalue weighted by Crippen LogP contribution is 2.43. The Morgan fingerprint density at radius 1 is 0.292 bits per heavy atom. The van der Waals surface area contributed by atoms with E-state index in [0.29, 0.717) is 17.0 Å². The minimum Gasteiger partial charge on any atom is -0.309 e. The largest absolute Gasteiger partial charge is 0.309 e. The first-order chi connectivity index (χ1) is 35.6. The molecule has 72 heavy (non-hydrogen) atoms. The number of nitrogens with zero attached hydrogens (tertiary/aromatic N) is 6. The third kappa shape index (κ3) is 7.19. The molecule has 3 heterocycles. The van der Waals surface area contributed by atoms with Crippen LogP contribution in [0.1, 0.15) is 11.1 Å². The zero-order valence-electron chi connectivity index (χ0n) is 38.8. The molecule has 10 aromatic carbocycles. The molecular formula is C66H40N6. The van der Waals surface area contributed by atoms with Crippen molar-refractivity contribution in [2.45, 2.75) is 0 Å². The van der Waals surface area contributed by atoms with Gasteiger partial charge >= 0.3 is 0 Å². The molecule has 0 radical (unpaired) electrons. The number of rotatable bonds is 8. The molecule has 13 aromatic rings. The van der Waals surface area contributed by atoms with E-state index < -0.39 is 0 Å². The Labute approximate surface area is 415 Å². The SMILES string of the molecule is N#Cc1ccc(-c2ccc3c(c2)c2ccccc2n3-c2ccccc2-c2cc(-c3nc(-c4ccccc4)cc(-c4ccccc4)n3)ccc2-n2c3ccccc3c3cc(-c4ccc(C#N)cc4)ccc32)cc1. The molecule has 0 aliphatic heterocycles. The highest BCUT2D eigenvalue weighted by Gasteiger charge is 2.23. The Hall–Kier alpha value is -10.1. The highest BCUT2D eigenvalue weighted by molar-refractivity contribution is 6.13. The molecule has 6 nitrogen and oxygen atoms in total. The summed E-state index contributed by atoms with van der Waals surface area (Å²) in [5, 5.41) is 23.6. The molecule has 0 aliphatic carbocycles. The van der Waals surface area contributed by atoms with E-state index in [2.05, 4.69) is 179 Å². The van der Waals surface area contributed by atoms with Crippen molar-refractivity contribution in [1.82, 2.24) is 19.1 Å². The van der Waals surface area contributed by atoms with Crippen LogP contribution in [0.25, 0.3) is 122 Å². The van der Waals surface area contributed by atoms with Crippen molar-refractivity contribution in [3.05, 3.63) is 254 Å². The second-order valence-corrected chi connectivity index (χ2v) is 18.0. The van der Waals surface area contributed by atoms with Crippen LogP contribution < -0.4 is 0 Å². The molecule has 3 aromatic heterocycles. The van der Waals surface area contributed by atoms with Gasteiger partial charge in [-0.2, -0.15) is 10.5 Å². The van der Waals surface area contributed by atoms with E-state index in [-0.39, 0.29) is 0 Å². The first-order valence-corrected chi connectivity index (χ1v) is 23.9. The molecular weight excluding hydrogens is 877 g/mol. The molecule has 0 spiro atoms. The maximum absolute atomic E-state index is 9.53. The Balaban J connectivity index is 1.07. The summed E-state index contributed by atoms with van der Waals surface area (Å²) in [5.41, 5.74) is 18.5. The van der Waals surface area contributed by atoms with Crippen LogP contribution in [0.5, 0.6) is 0 Å². The van der Waals surface area contributed by atoms with Crippen molar-refractivity contribution in [3.8, 4) is 90.8 Å². The van der Waals surface area contributed by atoms with E-state index in [1.165, 1.54) is 0 Å². The monoisotopic (exact) mass is 916 g/mol. The molecule has 0 saturated carbocycles. The minimum absolute atomic E-state index is 0.627. The summed E-state index contributed by atoms with van der Waals surface area (Å²) >= 11 is 0. The molecule has 0 fully saturated rings. The fourth-order valence-electron chi connectivity index (χ4n) is 10.4. The van der Waals surface area contributed by atoms with E-state index in [4.69, 9.17) is 9.97 Å². The number of nitriles is 2. The number of fused-ring (bicyclic) bond motifs is 6. The maximum Gasteiger partial charge on any atom is 0.160 e. The van der Waals surface area contributed by atoms with Crippen molar-refractivity contribution in [2.24, 2.45) is 0 Å². The van der Waals surface area contributed by atoms with Crippen LogP contribution in [0, 0.1) is 22.7 Å². The lowest BCUT2D eigenvalue weighted by Gasteiger charge is -2.20. The average Bonchev–Trinajstić information content (AvgIpc) is 3.97. The van der Waals surface area contributed by atoms with Crippen molar-refractivity contribution in [3.63, 3.8) is 0 Å². The number of hydrogen-bond donors (Lipinski definition) is 0. The second-order valence-electron chi connectivity index (χ2n) is 18.0. The Morgan fingerprint density at radius 2 is 0.708 bits per heavy atom. The van der Waals surface area contributed by atoms with Gasteiger partial charge in [-0.25, -0.2) is 9.97 Å². The molecule has 0 unspecified atom stereocenters. The number of aromatic nitrogens is 4. The van der Waals surface area contributed by atoms with Crippen LogP contribution in [0.15, 0.2) is 243 Å². The van der Waals surface area contributed by atoms with Gasteiger partial charge in [0.15, 0.2) is 5.82 Å². The lowest BCUT2D eigenvalue weighted by molar-refractivity contribution is 1.15. The topological polar surface area (TPSA) is 83.2 Å². The summed E-state index contributed by atoms with van der Waals surface area (Å²) in [5.74, 6) is 0.627. The zero-order valence-corrected chi connectivity index (χ0v) is 38.8. The van der Waals surface area contributed by atoms with Gasteiger partial charge in [0.2, 0.25) is 0 Å². The molecule has 13 rings (SSSR count). The van der Waals surface area contributed by atoms with Crippen LogP contribution >= 0.6 is 0 Å². The molecule has 0 atom stereocenters. The van der Waals surface area contributed by atoms with Crippen LogP contribution in [0.2, 0.25) is 0 Å². The third-order valence-electron chi connectivity index (χ3n) is 13.8. The minimum atomic E-state index is 0.627. The van der Waals surface area contributed by atoms with Crippen molar-refractivity contribution >= 4 is 43.6 Å². The summed E-state index contributed by atoms with van der Waals surface area (Å²) in [6, 6.07) is 88.8. The van der Waals surface area contributed by atoms with E-state index in [1.807, 2.05) is 84.9 Å². The van der Waals surface area contributed by atoms with Crippen molar-refractivity contribution in [2.75, 3.05) is 0 Å². The first-order valence-electron chi connectivity index (χ1n) is 23.9. The first kappa shape index (κ1) is 42.0. The van der Waals surface area contributed by atoms with Crippen molar-refractivity contribution in [1.29, 1.82) is 10.5 Å². The summed E-state index contributed by atoms with van der Waals surface area (Å²) in [6.07, 6.45) is 0. The van der Waals surface area contributed by atoms with Gasteiger partial charge in [-0.05, 0) is 113 Å². The van der Waals surface area contributed by atoms with E-state index >= 15 is 0 Å². The number of para-hydroxylation sites is 3. The normalized spacial score (nSPS) is 11.3.